The second kappa shape index (κ2) is 5.58. The van der Waals surface area contributed by atoms with Crippen molar-refractivity contribution in [1.29, 1.82) is 0 Å². The van der Waals surface area contributed by atoms with Crippen molar-refractivity contribution in [2.75, 3.05) is 26.9 Å². The molecule has 13 heavy (non-hydrogen) atoms. The Morgan fingerprint density at radius 1 is 1.23 bits per heavy atom. The van der Waals surface area contributed by atoms with Gasteiger partial charge in [-0.05, 0) is 32.1 Å². The van der Waals surface area contributed by atoms with Gasteiger partial charge in [0.1, 0.15) is 0 Å². The van der Waals surface area contributed by atoms with Crippen LogP contribution >= 0.6 is 0 Å². The maximum Gasteiger partial charge on any atom is 0.0700 e. The Morgan fingerprint density at radius 2 is 2.00 bits per heavy atom. The van der Waals surface area contributed by atoms with E-state index < -0.39 is 0 Å². The summed E-state index contributed by atoms with van der Waals surface area (Å²) in [6.45, 7) is 2.21. The van der Waals surface area contributed by atoms with Crippen molar-refractivity contribution < 1.29 is 9.47 Å². The monoisotopic (exact) mass is 187 g/mol. The van der Waals surface area contributed by atoms with Gasteiger partial charge in [0, 0.05) is 19.3 Å². The van der Waals surface area contributed by atoms with E-state index in [1.165, 1.54) is 19.3 Å². The van der Waals surface area contributed by atoms with E-state index in [9.17, 15) is 0 Å². The van der Waals surface area contributed by atoms with Crippen LogP contribution in [0.4, 0.5) is 0 Å². The first-order valence-corrected chi connectivity index (χ1v) is 5.12. The molecule has 0 radical (unpaired) electrons. The lowest BCUT2D eigenvalue weighted by Gasteiger charge is -2.38. The third kappa shape index (κ3) is 4.07. The van der Waals surface area contributed by atoms with E-state index in [-0.39, 0.29) is 5.54 Å². The van der Waals surface area contributed by atoms with Crippen molar-refractivity contribution in [2.45, 2.75) is 37.6 Å². The summed E-state index contributed by atoms with van der Waals surface area (Å²) in [6.07, 6.45) is 5.90. The molecule has 0 saturated heterocycles. The Morgan fingerprint density at radius 3 is 2.54 bits per heavy atom. The lowest BCUT2D eigenvalue weighted by Crippen LogP contribution is -2.46. The third-order valence-electron chi connectivity index (χ3n) is 2.74. The summed E-state index contributed by atoms with van der Waals surface area (Å²) >= 11 is 0. The van der Waals surface area contributed by atoms with Crippen LogP contribution in [0, 0.1) is 0 Å². The van der Waals surface area contributed by atoms with E-state index in [2.05, 4.69) is 0 Å². The Bertz CT molecular complexity index is 135. The van der Waals surface area contributed by atoms with Crippen molar-refractivity contribution in [3.8, 4) is 0 Å². The third-order valence-corrected chi connectivity index (χ3v) is 2.74. The predicted molar refractivity (Wildman–Crippen MR) is 52.7 cm³/mol. The molecule has 0 aromatic heterocycles. The van der Waals surface area contributed by atoms with Crippen molar-refractivity contribution in [2.24, 2.45) is 5.73 Å². The summed E-state index contributed by atoms with van der Waals surface area (Å²) in [5.74, 6) is 0. The number of ether oxygens (including phenoxy) is 2. The highest BCUT2D eigenvalue weighted by atomic mass is 16.5. The fourth-order valence-corrected chi connectivity index (χ4v) is 1.65. The summed E-state index contributed by atoms with van der Waals surface area (Å²) < 4.78 is 10.2. The van der Waals surface area contributed by atoms with E-state index in [0.717, 1.165) is 19.4 Å². The van der Waals surface area contributed by atoms with Gasteiger partial charge >= 0.3 is 0 Å². The SMILES string of the molecule is COCCOCCCC1(N)CCC1. The molecule has 0 atom stereocenters. The number of hydrogen-bond acceptors (Lipinski definition) is 3. The molecule has 1 aliphatic rings. The maximum absolute atomic E-state index is 6.06. The minimum atomic E-state index is 0.157. The Balaban J connectivity index is 1.83. The molecular formula is C10H21NO2. The summed E-state index contributed by atoms with van der Waals surface area (Å²) in [6, 6.07) is 0. The van der Waals surface area contributed by atoms with Crippen LogP contribution in [-0.2, 0) is 9.47 Å². The normalized spacial score (nSPS) is 19.8. The van der Waals surface area contributed by atoms with Crippen LogP contribution in [0.25, 0.3) is 0 Å². The molecule has 1 rings (SSSR count). The molecule has 0 unspecified atom stereocenters. The van der Waals surface area contributed by atoms with Gasteiger partial charge in [-0.1, -0.05) is 0 Å². The molecule has 1 aliphatic carbocycles. The van der Waals surface area contributed by atoms with Gasteiger partial charge in [0.15, 0.2) is 0 Å². The lowest BCUT2D eigenvalue weighted by atomic mass is 9.75. The van der Waals surface area contributed by atoms with Crippen molar-refractivity contribution >= 4 is 0 Å². The first-order valence-electron chi connectivity index (χ1n) is 5.12. The first kappa shape index (κ1) is 11.0. The number of methoxy groups -OCH3 is 1. The minimum absolute atomic E-state index is 0.157. The van der Waals surface area contributed by atoms with Gasteiger partial charge in [-0.2, -0.15) is 0 Å². The van der Waals surface area contributed by atoms with E-state index >= 15 is 0 Å². The molecule has 0 amide bonds. The minimum Gasteiger partial charge on any atom is -0.382 e. The molecular weight excluding hydrogens is 166 g/mol. The summed E-state index contributed by atoms with van der Waals surface area (Å²) in [5.41, 5.74) is 6.22. The fourth-order valence-electron chi connectivity index (χ4n) is 1.65. The molecule has 78 valence electrons. The van der Waals surface area contributed by atoms with Crippen LogP contribution in [0.15, 0.2) is 0 Å². The van der Waals surface area contributed by atoms with Crippen LogP contribution < -0.4 is 5.73 Å². The Hall–Kier alpha value is -0.120. The van der Waals surface area contributed by atoms with Gasteiger partial charge in [-0.3, -0.25) is 0 Å². The van der Waals surface area contributed by atoms with Crippen molar-refractivity contribution in [1.82, 2.24) is 0 Å². The largest absolute Gasteiger partial charge is 0.382 e. The van der Waals surface area contributed by atoms with Crippen LogP contribution in [-0.4, -0.2) is 32.5 Å². The average Bonchev–Trinajstić information content (AvgIpc) is 2.08. The highest BCUT2D eigenvalue weighted by Crippen LogP contribution is 2.32. The summed E-state index contributed by atoms with van der Waals surface area (Å²) in [7, 11) is 1.69. The molecule has 3 heteroatoms. The lowest BCUT2D eigenvalue weighted by molar-refractivity contribution is 0.0637. The number of nitrogens with two attached hydrogens (primary N) is 1. The molecule has 0 aromatic carbocycles. The number of rotatable bonds is 7. The van der Waals surface area contributed by atoms with Gasteiger partial charge in [0.25, 0.3) is 0 Å². The maximum atomic E-state index is 6.06. The molecule has 0 bridgehead atoms. The Kier molecular flexibility index (Phi) is 4.70. The van der Waals surface area contributed by atoms with E-state index in [0.29, 0.717) is 13.2 Å². The van der Waals surface area contributed by atoms with Gasteiger partial charge in [0.2, 0.25) is 0 Å². The molecule has 3 nitrogen and oxygen atoms in total. The second-order valence-electron chi connectivity index (χ2n) is 3.92. The number of hydrogen-bond donors (Lipinski definition) is 1. The quantitative estimate of drug-likeness (QED) is 0.611. The zero-order valence-electron chi connectivity index (χ0n) is 8.55. The van der Waals surface area contributed by atoms with E-state index in [4.69, 9.17) is 15.2 Å². The van der Waals surface area contributed by atoms with E-state index in [1.54, 1.807) is 7.11 Å². The van der Waals surface area contributed by atoms with Crippen LogP contribution in [0.2, 0.25) is 0 Å². The topological polar surface area (TPSA) is 44.5 Å². The van der Waals surface area contributed by atoms with Crippen LogP contribution in [0.5, 0.6) is 0 Å². The average molecular weight is 187 g/mol. The van der Waals surface area contributed by atoms with Crippen LogP contribution in [0.1, 0.15) is 32.1 Å². The molecule has 0 aromatic rings. The predicted octanol–water partition coefficient (Wildman–Crippen LogP) is 1.31. The second-order valence-corrected chi connectivity index (χ2v) is 3.92. The molecule has 0 aliphatic heterocycles. The fraction of sp³-hybridized carbons (Fsp3) is 1.00. The van der Waals surface area contributed by atoms with Crippen molar-refractivity contribution in [3.63, 3.8) is 0 Å². The van der Waals surface area contributed by atoms with Gasteiger partial charge < -0.3 is 15.2 Å². The van der Waals surface area contributed by atoms with Crippen molar-refractivity contribution in [3.05, 3.63) is 0 Å². The zero-order valence-corrected chi connectivity index (χ0v) is 8.55. The van der Waals surface area contributed by atoms with Crippen LogP contribution in [0.3, 0.4) is 0 Å². The standard InChI is InChI=1S/C10H21NO2/c1-12-8-9-13-7-3-6-10(11)4-2-5-10/h2-9,11H2,1H3. The molecule has 2 N–H and O–H groups in total. The highest BCUT2D eigenvalue weighted by molar-refractivity contribution is 4.91. The Labute approximate surface area is 80.6 Å². The molecule has 1 fully saturated rings. The highest BCUT2D eigenvalue weighted by Gasteiger charge is 2.31. The zero-order chi connectivity index (χ0) is 9.57. The summed E-state index contributed by atoms with van der Waals surface area (Å²) in [5, 5.41) is 0. The molecule has 1 saturated carbocycles. The van der Waals surface area contributed by atoms with Gasteiger partial charge in [0.05, 0.1) is 13.2 Å². The van der Waals surface area contributed by atoms with Gasteiger partial charge in [-0.25, -0.2) is 0 Å². The summed E-state index contributed by atoms with van der Waals surface area (Å²) in [4.78, 5) is 0. The smallest absolute Gasteiger partial charge is 0.0700 e. The first-order chi connectivity index (χ1) is 6.27. The van der Waals surface area contributed by atoms with Gasteiger partial charge in [-0.15, -0.1) is 0 Å². The van der Waals surface area contributed by atoms with E-state index in [1.807, 2.05) is 0 Å². The molecule has 0 heterocycles. The molecule has 0 spiro atoms.